The number of hydrogen-bond acceptors (Lipinski definition) is 1. The Morgan fingerprint density at radius 1 is 1.62 bits per heavy atom. The van der Waals surface area contributed by atoms with E-state index in [2.05, 4.69) is 11.6 Å². The van der Waals surface area contributed by atoms with Gasteiger partial charge in [-0.05, 0) is 11.6 Å². The average Bonchev–Trinajstić information content (AvgIpc) is 1.62. The van der Waals surface area contributed by atoms with E-state index in [0.717, 1.165) is 0 Å². The molecule has 0 saturated carbocycles. The first-order valence-electron chi connectivity index (χ1n) is 1.49. The molecule has 0 aliphatic heterocycles. The van der Waals surface area contributed by atoms with Gasteiger partial charge >= 0.3 is 4.71 Å². The van der Waals surface area contributed by atoms with Crippen molar-refractivity contribution in [2.45, 2.75) is 4.71 Å². The Balaban J connectivity index is 3.82. The summed E-state index contributed by atoms with van der Waals surface area (Å²) in [4.78, 5) is 0. The Morgan fingerprint density at radius 3 is 2.00 bits per heavy atom. The fourth-order valence-corrected chi connectivity index (χ4v) is 0.928. The van der Waals surface area contributed by atoms with Crippen LogP contribution in [0.5, 0.6) is 0 Å². The monoisotopic (exact) mass is 182 g/mol. The van der Waals surface area contributed by atoms with Gasteiger partial charge in [0, 0.05) is 0 Å². The van der Waals surface area contributed by atoms with Gasteiger partial charge in [-0.2, -0.15) is 8.78 Å². The van der Waals surface area contributed by atoms with E-state index in [4.69, 9.17) is 11.6 Å². The lowest BCUT2D eigenvalue weighted by Crippen LogP contribution is -2.14. The van der Waals surface area contributed by atoms with Crippen LogP contribution in [0.2, 0.25) is 0 Å². The minimum Gasteiger partial charge on any atom is -0.251 e. The topological polar surface area (TPSA) is 17.1 Å². The van der Waals surface area contributed by atoms with Gasteiger partial charge in [-0.1, -0.05) is 0 Å². The van der Waals surface area contributed by atoms with Gasteiger partial charge in [-0.25, -0.2) is 0 Å². The van der Waals surface area contributed by atoms with Crippen LogP contribution in [0.15, 0.2) is 0 Å². The van der Waals surface area contributed by atoms with Crippen LogP contribution in [0, 0.1) is 0 Å². The van der Waals surface area contributed by atoms with Crippen LogP contribution >= 0.6 is 23.2 Å². The number of alkyl halides is 4. The van der Waals surface area contributed by atoms with Crippen molar-refractivity contribution in [3.05, 3.63) is 0 Å². The molecule has 0 amide bonds. The van der Waals surface area contributed by atoms with Crippen molar-refractivity contribution in [1.82, 2.24) is 0 Å². The zero-order valence-electron chi connectivity index (χ0n) is 3.54. The molecular formula is C2H2Cl2F2OS. The normalized spacial score (nSPS) is 16.0. The Kier molecular flexibility index (Phi) is 3.16. The molecule has 0 rings (SSSR count). The second-order valence-electron chi connectivity index (χ2n) is 0.900. The van der Waals surface area contributed by atoms with E-state index in [-0.39, 0.29) is 0 Å². The Morgan fingerprint density at radius 2 is 2.00 bits per heavy atom. The maximum atomic E-state index is 11.5. The van der Waals surface area contributed by atoms with Crippen LogP contribution in [-0.2, 0) is 10.8 Å². The molecule has 6 heteroatoms. The third-order valence-electron chi connectivity index (χ3n) is 0.357. The zero-order valence-corrected chi connectivity index (χ0v) is 5.86. The van der Waals surface area contributed by atoms with Crippen molar-refractivity contribution in [2.75, 3.05) is 5.21 Å². The number of hydrogen-bond donors (Lipinski definition) is 0. The summed E-state index contributed by atoms with van der Waals surface area (Å²) >= 11 is 9.04. The molecule has 0 aromatic carbocycles. The fourth-order valence-electron chi connectivity index (χ4n) is 0.0619. The maximum absolute atomic E-state index is 11.5. The van der Waals surface area contributed by atoms with Crippen LogP contribution in [0.1, 0.15) is 0 Å². The van der Waals surface area contributed by atoms with Crippen molar-refractivity contribution in [1.29, 1.82) is 0 Å². The molecule has 0 fully saturated rings. The molecule has 0 bridgehead atoms. The van der Waals surface area contributed by atoms with E-state index in [1.165, 1.54) is 0 Å². The van der Waals surface area contributed by atoms with E-state index in [1.807, 2.05) is 0 Å². The molecule has 0 aromatic heterocycles. The number of rotatable bonds is 2. The van der Waals surface area contributed by atoms with Crippen molar-refractivity contribution >= 4 is 34.0 Å². The first kappa shape index (κ1) is 8.59. The van der Waals surface area contributed by atoms with Crippen LogP contribution in [0.25, 0.3) is 0 Å². The van der Waals surface area contributed by atoms with Gasteiger partial charge in [0.1, 0.15) is 16.0 Å². The Labute approximate surface area is 57.4 Å². The molecule has 0 aliphatic rings. The van der Waals surface area contributed by atoms with Crippen LogP contribution in [-0.4, -0.2) is 14.1 Å². The largest absolute Gasteiger partial charge is 0.399 e. The summed E-state index contributed by atoms with van der Waals surface area (Å²) < 4.78 is 29.2. The average molecular weight is 183 g/mol. The van der Waals surface area contributed by atoms with Crippen LogP contribution in [0.4, 0.5) is 8.78 Å². The van der Waals surface area contributed by atoms with E-state index < -0.39 is 20.7 Å². The second-order valence-corrected chi connectivity index (χ2v) is 3.68. The fraction of sp³-hybridized carbons (Fsp3) is 1.00. The lowest BCUT2D eigenvalue weighted by molar-refractivity contribution is 0.196. The molecular weight excluding hydrogens is 181 g/mol. The van der Waals surface area contributed by atoms with Gasteiger partial charge in [0.25, 0.3) is 0 Å². The molecule has 1 nitrogen and oxygen atoms in total. The first-order chi connectivity index (χ1) is 3.48. The maximum Gasteiger partial charge on any atom is 0.399 e. The van der Waals surface area contributed by atoms with Crippen molar-refractivity contribution in [2.24, 2.45) is 0 Å². The Hall–Kier alpha value is 0.590. The summed E-state index contributed by atoms with van der Waals surface area (Å²) in [5, 5.41) is -0.642. The van der Waals surface area contributed by atoms with Gasteiger partial charge in [0.15, 0.2) is 0 Å². The molecule has 0 radical (unpaired) electrons. The van der Waals surface area contributed by atoms with Crippen LogP contribution < -0.4 is 0 Å². The number of halogens is 4. The lowest BCUT2D eigenvalue weighted by Gasteiger charge is -2.01. The molecule has 0 spiro atoms. The molecule has 1 atom stereocenters. The molecule has 0 saturated heterocycles. The molecule has 0 aliphatic carbocycles. The third kappa shape index (κ3) is 2.79. The van der Waals surface area contributed by atoms with Crippen molar-refractivity contribution in [3.63, 3.8) is 0 Å². The summed E-state index contributed by atoms with van der Waals surface area (Å²) in [6.45, 7) is 0. The van der Waals surface area contributed by atoms with Crippen molar-refractivity contribution < 1.29 is 13.0 Å². The minimum atomic E-state index is -3.68. The quantitative estimate of drug-likeness (QED) is 0.595. The highest BCUT2D eigenvalue weighted by atomic mass is 35.5. The highest BCUT2D eigenvalue weighted by Crippen LogP contribution is 2.23. The molecule has 0 N–H and O–H groups in total. The van der Waals surface area contributed by atoms with E-state index >= 15 is 0 Å². The summed E-state index contributed by atoms with van der Waals surface area (Å²) in [6.07, 6.45) is 0. The highest BCUT2D eigenvalue weighted by molar-refractivity contribution is 7.88. The van der Waals surface area contributed by atoms with Crippen molar-refractivity contribution in [3.8, 4) is 0 Å². The standard InChI is InChI=1S/C2H2Cl2F2OS/c3-1-8(7)2(4,5)6/h1H2. The summed E-state index contributed by atoms with van der Waals surface area (Å²) in [5.74, 6) is 0. The van der Waals surface area contributed by atoms with Gasteiger partial charge in [-0.3, -0.25) is 4.21 Å². The minimum absolute atomic E-state index is 0.642. The third-order valence-corrected chi connectivity index (χ3v) is 2.18. The van der Waals surface area contributed by atoms with E-state index in [1.54, 1.807) is 0 Å². The summed E-state index contributed by atoms with van der Waals surface area (Å²) in [5.41, 5.74) is 0. The summed E-state index contributed by atoms with van der Waals surface area (Å²) in [6, 6.07) is 0. The van der Waals surface area contributed by atoms with Gasteiger partial charge in [0.05, 0.1) is 0 Å². The highest BCUT2D eigenvalue weighted by Gasteiger charge is 2.32. The SMILES string of the molecule is O=S(CCl)C(F)(F)Cl. The predicted octanol–water partition coefficient (Wildman–Crippen LogP) is 1.72. The Bertz CT molecular complexity index is 101. The lowest BCUT2D eigenvalue weighted by atomic mass is 11.6. The second kappa shape index (κ2) is 2.94. The van der Waals surface area contributed by atoms with Gasteiger partial charge in [-0.15, -0.1) is 11.6 Å². The molecule has 1 unspecified atom stereocenters. The zero-order chi connectivity index (χ0) is 6.78. The predicted molar refractivity (Wildman–Crippen MR) is 29.7 cm³/mol. The summed E-state index contributed by atoms with van der Waals surface area (Å²) in [7, 11) is -2.45. The molecule has 0 aromatic rings. The van der Waals surface area contributed by atoms with Gasteiger partial charge in [0.2, 0.25) is 0 Å². The molecule has 8 heavy (non-hydrogen) atoms. The molecule has 50 valence electrons. The molecule has 0 heterocycles. The van der Waals surface area contributed by atoms with Crippen LogP contribution in [0.3, 0.4) is 0 Å². The first-order valence-corrected chi connectivity index (χ1v) is 3.73. The van der Waals surface area contributed by atoms with Gasteiger partial charge < -0.3 is 0 Å². The smallest absolute Gasteiger partial charge is 0.251 e. The van der Waals surface area contributed by atoms with E-state index in [9.17, 15) is 13.0 Å². The van der Waals surface area contributed by atoms with E-state index in [0.29, 0.717) is 0 Å².